The molecule has 0 unspecified atom stereocenters. The standard InChI is InChI=1S/C7H12N2O2/c1-3-11-7(10)6(4-8)5-9-2/h4-5,8-9H,3H2,1-2H3/b6-5+,8-4?. The third-order valence-electron chi connectivity index (χ3n) is 0.966. The molecule has 0 saturated heterocycles. The molecule has 4 heteroatoms. The first-order chi connectivity index (χ1) is 5.26. The van der Waals surface area contributed by atoms with E-state index < -0.39 is 5.97 Å². The van der Waals surface area contributed by atoms with Crippen molar-refractivity contribution in [2.45, 2.75) is 6.92 Å². The number of rotatable bonds is 4. The van der Waals surface area contributed by atoms with Crippen LogP contribution in [0.1, 0.15) is 6.92 Å². The molecule has 0 rings (SSSR count). The van der Waals surface area contributed by atoms with E-state index in [1.54, 1.807) is 14.0 Å². The number of hydrogen-bond acceptors (Lipinski definition) is 4. The number of nitrogens with one attached hydrogen (secondary N) is 2. The van der Waals surface area contributed by atoms with E-state index in [2.05, 4.69) is 10.1 Å². The molecule has 0 amide bonds. The second kappa shape index (κ2) is 5.46. The van der Waals surface area contributed by atoms with E-state index in [1.807, 2.05) is 0 Å². The molecule has 0 saturated carbocycles. The van der Waals surface area contributed by atoms with Crippen molar-refractivity contribution in [2.75, 3.05) is 13.7 Å². The molecule has 0 aliphatic heterocycles. The van der Waals surface area contributed by atoms with Crippen LogP contribution in [0.3, 0.4) is 0 Å². The summed E-state index contributed by atoms with van der Waals surface area (Å²) in [6.45, 7) is 2.05. The summed E-state index contributed by atoms with van der Waals surface area (Å²) in [5, 5.41) is 9.48. The van der Waals surface area contributed by atoms with Crippen LogP contribution >= 0.6 is 0 Å². The van der Waals surface area contributed by atoms with Crippen LogP contribution in [0.5, 0.6) is 0 Å². The van der Waals surface area contributed by atoms with E-state index in [4.69, 9.17) is 5.41 Å². The molecule has 0 aliphatic carbocycles. The highest BCUT2D eigenvalue weighted by Crippen LogP contribution is 1.91. The Morgan fingerprint density at radius 1 is 1.73 bits per heavy atom. The van der Waals surface area contributed by atoms with Crippen LogP contribution in [0.15, 0.2) is 11.8 Å². The van der Waals surface area contributed by atoms with Gasteiger partial charge in [0.2, 0.25) is 0 Å². The number of carbonyl (C=O) groups excluding carboxylic acids is 1. The van der Waals surface area contributed by atoms with Crippen molar-refractivity contribution in [1.82, 2.24) is 5.32 Å². The van der Waals surface area contributed by atoms with Gasteiger partial charge in [-0.3, -0.25) is 0 Å². The van der Waals surface area contributed by atoms with E-state index in [-0.39, 0.29) is 5.57 Å². The van der Waals surface area contributed by atoms with Gasteiger partial charge in [0.1, 0.15) is 0 Å². The van der Waals surface area contributed by atoms with Crippen molar-refractivity contribution in [3.05, 3.63) is 11.8 Å². The molecule has 0 spiro atoms. The molecule has 0 aromatic rings. The first-order valence-electron chi connectivity index (χ1n) is 3.31. The minimum absolute atomic E-state index is 0.217. The van der Waals surface area contributed by atoms with Crippen LogP contribution in [0.2, 0.25) is 0 Å². The summed E-state index contributed by atoms with van der Waals surface area (Å²) in [6.07, 6.45) is 2.37. The van der Waals surface area contributed by atoms with Crippen molar-refractivity contribution in [1.29, 1.82) is 5.41 Å². The lowest BCUT2D eigenvalue weighted by atomic mass is 10.3. The Morgan fingerprint density at radius 3 is 2.73 bits per heavy atom. The molecule has 62 valence electrons. The SMILES string of the molecule is CCOC(=O)/C(C=N)=C/NC. The predicted octanol–water partition coefficient (Wildman–Crippen LogP) is 0.302. The molecular weight excluding hydrogens is 144 g/mol. The van der Waals surface area contributed by atoms with E-state index in [0.717, 1.165) is 6.21 Å². The van der Waals surface area contributed by atoms with Crippen molar-refractivity contribution in [3.63, 3.8) is 0 Å². The van der Waals surface area contributed by atoms with E-state index >= 15 is 0 Å². The fourth-order valence-electron chi connectivity index (χ4n) is 0.529. The Bertz CT molecular complexity index is 175. The lowest BCUT2D eigenvalue weighted by molar-refractivity contribution is -0.137. The third-order valence-corrected chi connectivity index (χ3v) is 0.966. The highest BCUT2D eigenvalue weighted by molar-refractivity contribution is 6.08. The van der Waals surface area contributed by atoms with Gasteiger partial charge in [-0.25, -0.2) is 4.79 Å². The molecular formula is C7H12N2O2. The van der Waals surface area contributed by atoms with Gasteiger partial charge in [-0.1, -0.05) is 0 Å². The minimum atomic E-state index is -0.475. The summed E-state index contributed by atoms with van der Waals surface area (Å²) < 4.78 is 4.65. The van der Waals surface area contributed by atoms with Crippen LogP contribution in [0.4, 0.5) is 0 Å². The molecule has 0 radical (unpaired) electrons. The van der Waals surface area contributed by atoms with Crippen LogP contribution in [-0.4, -0.2) is 25.8 Å². The predicted molar refractivity (Wildman–Crippen MR) is 42.6 cm³/mol. The summed E-state index contributed by atoms with van der Waals surface area (Å²) in [5.41, 5.74) is 0.217. The Hall–Kier alpha value is -1.32. The van der Waals surface area contributed by atoms with Crippen LogP contribution in [0.25, 0.3) is 0 Å². The van der Waals surface area contributed by atoms with Gasteiger partial charge in [0.25, 0.3) is 0 Å². The average molecular weight is 156 g/mol. The van der Waals surface area contributed by atoms with Crippen molar-refractivity contribution in [3.8, 4) is 0 Å². The zero-order valence-corrected chi connectivity index (χ0v) is 6.68. The number of carbonyl (C=O) groups is 1. The van der Waals surface area contributed by atoms with Crippen LogP contribution in [0, 0.1) is 5.41 Å². The topological polar surface area (TPSA) is 62.2 Å². The summed E-state index contributed by atoms with van der Waals surface area (Å²) in [4.78, 5) is 10.9. The molecule has 0 aliphatic rings. The Morgan fingerprint density at radius 2 is 2.36 bits per heavy atom. The van der Waals surface area contributed by atoms with Crippen molar-refractivity contribution >= 4 is 12.2 Å². The van der Waals surface area contributed by atoms with Gasteiger partial charge in [-0.2, -0.15) is 0 Å². The maximum absolute atomic E-state index is 10.9. The molecule has 2 N–H and O–H groups in total. The van der Waals surface area contributed by atoms with Gasteiger partial charge in [0, 0.05) is 19.5 Å². The van der Waals surface area contributed by atoms with Gasteiger partial charge < -0.3 is 15.5 Å². The smallest absolute Gasteiger partial charge is 0.341 e. The molecule has 11 heavy (non-hydrogen) atoms. The van der Waals surface area contributed by atoms with Crippen LogP contribution < -0.4 is 5.32 Å². The molecule has 0 atom stereocenters. The van der Waals surface area contributed by atoms with Crippen molar-refractivity contribution < 1.29 is 9.53 Å². The van der Waals surface area contributed by atoms with Gasteiger partial charge >= 0.3 is 5.97 Å². The van der Waals surface area contributed by atoms with Gasteiger partial charge in [-0.05, 0) is 6.92 Å². The zero-order valence-electron chi connectivity index (χ0n) is 6.68. The number of esters is 1. The fraction of sp³-hybridized carbons (Fsp3) is 0.429. The van der Waals surface area contributed by atoms with E-state index in [9.17, 15) is 4.79 Å². The number of hydrogen-bond donors (Lipinski definition) is 2. The fourth-order valence-corrected chi connectivity index (χ4v) is 0.529. The second-order valence-corrected chi connectivity index (χ2v) is 1.75. The average Bonchev–Trinajstić information content (AvgIpc) is 2.00. The van der Waals surface area contributed by atoms with Crippen LogP contribution in [-0.2, 0) is 9.53 Å². The molecule has 0 aromatic carbocycles. The van der Waals surface area contributed by atoms with Crippen molar-refractivity contribution in [2.24, 2.45) is 0 Å². The summed E-state index contributed by atoms with van der Waals surface area (Å²) in [6, 6.07) is 0. The molecule has 0 aromatic heterocycles. The maximum Gasteiger partial charge on any atom is 0.341 e. The molecule has 0 bridgehead atoms. The largest absolute Gasteiger partial charge is 0.462 e. The first kappa shape index (κ1) is 9.68. The zero-order chi connectivity index (χ0) is 8.69. The summed E-state index contributed by atoms with van der Waals surface area (Å²) in [5.74, 6) is -0.475. The monoisotopic (exact) mass is 156 g/mol. The molecule has 0 heterocycles. The maximum atomic E-state index is 10.9. The summed E-state index contributed by atoms with van der Waals surface area (Å²) in [7, 11) is 1.66. The lowest BCUT2D eigenvalue weighted by Gasteiger charge is -2.00. The van der Waals surface area contributed by atoms with E-state index in [0.29, 0.717) is 6.61 Å². The Kier molecular flexibility index (Phi) is 4.81. The van der Waals surface area contributed by atoms with Gasteiger partial charge in [0.05, 0.1) is 12.2 Å². The Balaban J connectivity index is 4.14. The normalized spacial score (nSPS) is 10.5. The van der Waals surface area contributed by atoms with Gasteiger partial charge in [-0.15, -0.1) is 0 Å². The summed E-state index contributed by atoms with van der Waals surface area (Å²) >= 11 is 0. The minimum Gasteiger partial charge on any atom is -0.462 e. The quantitative estimate of drug-likeness (QED) is 0.349. The van der Waals surface area contributed by atoms with Gasteiger partial charge in [0.15, 0.2) is 0 Å². The molecule has 4 nitrogen and oxygen atoms in total. The van der Waals surface area contributed by atoms with E-state index in [1.165, 1.54) is 6.20 Å². The lowest BCUT2D eigenvalue weighted by Crippen LogP contribution is -2.11. The third kappa shape index (κ3) is 3.40. The highest BCUT2D eigenvalue weighted by atomic mass is 16.5. The highest BCUT2D eigenvalue weighted by Gasteiger charge is 2.05. The first-order valence-corrected chi connectivity index (χ1v) is 3.31. The number of ether oxygens (including phenoxy) is 1. The molecule has 0 fully saturated rings. The second-order valence-electron chi connectivity index (χ2n) is 1.75. The Labute approximate surface area is 65.7 Å².